The predicted octanol–water partition coefficient (Wildman–Crippen LogP) is 3.43. The first-order chi connectivity index (χ1) is 10.2. The predicted molar refractivity (Wildman–Crippen MR) is 89.0 cm³/mol. The highest BCUT2D eigenvalue weighted by Gasteiger charge is 2.07. The summed E-state index contributed by atoms with van der Waals surface area (Å²) in [6, 6.07) is 15.1. The van der Waals surface area contributed by atoms with Crippen LogP contribution in [-0.4, -0.2) is 17.8 Å². The highest BCUT2D eigenvalue weighted by Crippen LogP contribution is 2.23. The van der Waals surface area contributed by atoms with Crippen molar-refractivity contribution in [1.29, 1.82) is 0 Å². The van der Waals surface area contributed by atoms with E-state index in [0.29, 0.717) is 0 Å². The molecule has 0 heterocycles. The van der Waals surface area contributed by atoms with Crippen LogP contribution in [0.25, 0.3) is 10.8 Å². The Bertz CT molecular complexity index is 671. The molecule has 0 radical (unpaired) electrons. The summed E-state index contributed by atoms with van der Waals surface area (Å²) in [7, 11) is 0. The van der Waals surface area contributed by atoms with Crippen molar-refractivity contribution in [3.8, 4) is 11.8 Å². The van der Waals surface area contributed by atoms with Gasteiger partial charge in [-0.25, -0.2) is 0 Å². The Hall–Kier alpha value is -2.08. The van der Waals surface area contributed by atoms with Gasteiger partial charge < -0.3 is 10.4 Å². The molecule has 0 fully saturated rings. The van der Waals surface area contributed by atoms with Gasteiger partial charge >= 0.3 is 0 Å². The zero-order valence-corrected chi connectivity index (χ0v) is 12.5. The minimum atomic E-state index is -0.572. The van der Waals surface area contributed by atoms with E-state index in [1.54, 1.807) is 13.0 Å². The summed E-state index contributed by atoms with van der Waals surface area (Å²) in [5, 5.41) is 15.0. The van der Waals surface area contributed by atoms with Gasteiger partial charge in [0.15, 0.2) is 0 Å². The Morgan fingerprint density at radius 2 is 1.90 bits per heavy atom. The number of rotatable bonds is 4. The van der Waals surface area contributed by atoms with E-state index in [4.69, 9.17) is 5.11 Å². The molecule has 0 amide bonds. The zero-order valence-electron chi connectivity index (χ0n) is 12.5. The summed E-state index contributed by atoms with van der Waals surface area (Å²) in [4.78, 5) is 0. The van der Waals surface area contributed by atoms with Crippen LogP contribution in [0.2, 0.25) is 0 Å². The second-order valence-corrected chi connectivity index (χ2v) is 5.07. The smallest absolute Gasteiger partial charge is 0.112 e. The number of nitrogens with one attached hydrogen (secondary N) is 1. The fraction of sp³-hybridized carbons (Fsp3) is 0.263. The van der Waals surface area contributed by atoms with Crippen LogP contribution >= 0.6 is 0 Å². The van der Waals surface area contributed by atoms with Crippen LogP contribution in [0.4, 0.5) is 0 Å². The van der Waals surface area contributed by atoms with Crippen molar-refractivity contribution >= 4 is 10.8 Å². The molecule has 2 rings (SSSR count). The number of hydrogen-bond acceptors (Lipinski definition) is 2. The maximum Gasteiger partial charge on any atom is 0.112 e. The van der Waals surface area contributed by atoms with Crippen LogP contribution in [0.5, 0.6) is 0 Å². The molecule has 0 aliphatic rings. The molecular formula is C19H21NO. The van der Waals surface area contributed by atoms with E-state index < -0.39 is 6.10 Å². The Labute approximate surface area is 126 Å². The molecule has 108 valence electrons. The molecule has 0 saturated heterocycles. The van der Waals surface area contributed by atoms with Crippen LogP contribution in [0.15, 0.2) is 54.6 Å². The minimum absolute atomic E-state index is 0.269. The molecule has 0 aliphatic carbocycles. The number of allylic oxidation sites excluding steroid dienone is 1. The normalized spacial score (nSPS) is 13.9. The molecule has 0 bridgehead atoms. The molecule has 2 N–H and O–H groups in total. The highest BCUT2D eigenvalue weighted by molar-refractivity contribution is 5.86. The molecule has 0 aromatic heterocycles. The lowest BCUT2D eigenvalue weighted by atomic mass is 10.00. The van der Waals surface area contributed by atoms with Gasteiger partial charge in [-0.1, -0.05) is 60.4 Å². The van der Waals surface area contributed by atoms with Gasteiger partial charge in [-0.15, -0.1) is 0 Å². The van der Waals surface area contributed by atoms with Gasteiger partial charge in [0.2, 0.25) is 0 Å². The quantitative estimate of drug-likeness (QED) is 0.840. The summed E-state index contributed by atoms with van der Waals surface area (Å²) in [5.41, 5.74) is 1.30. The molecule has 0 spiro atoms. The first-order valence-electron chi connectivity index (χ1n) is 7.23. The molecule has 2 aromatic rings. The molecule has 2 unspecified atom stereocenters. The number of aliphatic hydroxyl groups is 1. The minimum Gasteiger partial charge on any atom is -0.381 e. The van der Waals surface area contributed by atoms with Crippen LogP contribution in [0.1, 0.15) is 25.5 Å². The number of benzene rings is 2. The molecule has 21 heavy (non-hydrogen) atoms. The van der Waals surface area contributed by atoms with Gasteiger partial charge in [0.1, 0.15) is 6.10 Å². The van der Waals surface area contributed by atoms with Crippen molar-refractivity contribution in [2.75, 3.05) is 6.54 Å². The van der Waals surface area contributed by atoms with Crippen LogP contribution in [0, 0.1) is 11.8 Å². The topological polar surface area (TPSA) is 32.3 Å². The number of fused-ring (bicyclic) bond motifs is 1. The third-order valence-electron chi connectivity index (χ3n) is 3.33. The molecule has 2 heteroatoms. The van der Waals surface area contributed by atoms with Gasteiger partial charge in [-0.2, -0.15) is 0 Å². The van der Waals surface area contributed by atoms with Gasteiger partial charge in [-0.05, 0) is 36.3 Å². The second kappa shape index (κ2) is 7.64. The summed E-state index contributed by atoms with van der Waals surface area (Å²) < 4.78 is 0. The van der Waals surface area contributed by atoms with Crippen molar-refractivity contribution < 1.29 is 5.11 Å². The standard InChI is InChI=1S/C19H21NO/c1-15(21)9-4-3-7-14-20-16(2)18-13-8-11-17-10-5-6-12-19(17)18/h3,5-8,10-13,15-16,20-21H,14H2,1-2H3/b7-3+. The third-order valence-corrected chi connectivity index (χ3v) is 3.33. The zero-order chi connectivity index (χ0) is 15.1. The van der Waals surface area contributed by atoms with Crippen molar-refractivity contribution in [2.24, 2.45) is 0 Å². The van der Waals surface area contributed by atoms with Gasteiger partial charge in [0, 0.05) is 12.6 Å². The Kier molecular flexibility index (Phi) is 5.57. The lowest BCUT2D eigenvalue weighted by Crippen LogP contribution is -2.18. The highest BCUT2D eigenvalue weighted by atomic mass is 16.3. The SMILES string of the molecule is CC(O)C#C/C=C/CNC(C)c1cccc2ccccc12. The van der Waals surface area contributed by atoms with E-state index in [-0.39, 0.29) is 6.04 Å². The molecule has 2 nitrogen and oxygen atoms in total. The van der Waals surface area contributed by atoms with Gasteiger partial charge in [0.25, 0.3) is 0 Å². The summed E-state index contributed by atoms with van der Waals surface area (Å²) in [6.07, 6.45) is 3.17. The first kappa shape index (κ1) is 15.3. The Morgan fingerprint density at radius 1 is 1.14 bits per heavy atom. The monoisotopic (exact) mass is 279 g/mol. The largest absolute Gasteiger partial charge is 0.381 e. The van der Waals surface area contributed by atoms with E-state index in [2.05, 4.69) is 66.5 Å². The van der Waals surface area contributed by atoms with Gasteiger partial charge in [0.05, 0.1) is 0 Å². The van der Waals surface area contributed by atoms with Crippen molar-refractivity contribution in [2.45, 2.75) is 26.0 Å². The lowest BCUT2D eigenvalue weighted by Gasteiger charge is -2.15. The molecule has 2 aromatic carbocycles. The van der Waals surface area contributed by atoms with Gasteiger partial charge in [-0.3, -0.25) is 0 Å². The van der Waals surface area contributed by atoms with E-state index in [0.717, 1.165) is 6.54 Å². The van der Waals surface area contributed by atoms with Crippen LogP contribution in [0.3, 0.4) is 0 Å². The third kappa shape index (κ3) is 4.46. The number of hydrogen-bond donors (Lipinski definition) is 2. The first-order valence-corrected chi connectivity index (χ1v) is 7.23. The van der Waals surface area contributed by atoms with Crippen LogP contribution < -0.4 is 5.32 Å². The molecule has 0 saturated carbocycles. The lowest BCUT2D eigenvalue weighted by molar-refractivity contribution is 0.253. The fourth-order valence-corrected chi connectivity index (χ4v) is 2.27. The average Bonchev–Trinajstić information content (AvgIpc) is 2.49. The van der Waals surface area contributed by atoms with Crippen molar-refractivity contribution in [1.82, 2.24) is 5.32 Å². The second-order valence-electron chi connectivity index (χ2n) is 5.07. The maximum atomic E-state index is 9.02. The van der Waals surface area contributed by atoms with E-state index >= 15 is 0 Å². The van der Waals surface area contributed by atoms with E-state index in [1.807, 2.05) is 6.08 Å². The maximum absolute atomic E-state index is 9.02. The molecule has 2 atom stereocenters. The summed E-state index contributed by atoms with van der Waals surface area (Å²) in [5.74, 6) is 5.49. The molecule has 0 aliphatic heterocycles. The summed E-state index contributed by atoms with van der Waals surface area (Å²) >= 11 is 0. The van der Waals surface area contributed by atoms with E-state index in [1.165, 1.54) is 16.3 Å². The van der Waals surface area contributed by atoms with Crippen LogP contribution in [-0.2, 0) is 0 Å². The van der Waals surface area contributed by atoms with Crippen molar-refractivity contribution in [3.05, 3.63) is 60.2 Å². The van der Waals surface area contributed by atoms with Crippen molar-refractivity contribution in [3.63, 3.8) is 0 Å². The number of aliphatic hydroxyl groups excluding tert-OH is 1. The van der Waals surface area contributed by atoms with E-state index in [9.17, 15) is 0 Å². The Morgan fingerprint density at radius 3 is 2.71 bits per heavy atom. The average molecular weight is 279 g/mol. The fourth-order valence-electron chi connectivity index (χ4n) is 2.27. The Balaban J connectivity index is 2.00. The molecular weight excluding hydrogens is 258 g/mol. The summed E-state index contributed by atoms with van der Waals surface area (Å²) in [6.45, 7) is 4.57.